The van der Waals surface area contributed by atoms with Gasteiger partial charge in [0.25, 0.3) is 5.91 Å². The Bertz CT molecular complexity index is 1180. The molecule has 0 saturated carbocycles. The van der Waals surface area contributed by atoms with E-state index in [0.29, 0.717) is 22.4 Å². The second-order valence-electron chi connectivity index (χ2n) is 9.33. The van der Waals surface area contributed by atoms with Crippen LogP contribution in [0.25, 0.3) is 0 Å². The smallest absolute Gasteiger partial charge is 0.264 e. The first-order valence-corrected chi connectivity index (χ1v) is 10.6. The number of amides is 1. The summed E-state index contributed by atoms with van der Waals surface area (Å²) in [5, 5.41) is 11.4. The second-order valence-corrected chi connectivity index (χ2v) is 9.33. The van der Waals surface area contributed by atoms with Gasteiger partial charge in [-0.1, -0.05) is 75.4 Å². The van der Waals surface area contributed by atoms with E-state index < -0.39 is 17.3 Å². The average molecular weight is 432 g/mol. The fraction of sp³-hybridized carbons (Fsp3) is 0.259. The monoisotopic (exact) mass is 431 g/mol. The van der Waals surface area contributed by atoms with Crippen LogP contribution in [-0.2, 0) is 22.4 Å². The Morgan fingerprint density at radius 2 is 1.69 bits per heavy atom. The molecule has 4 nitrogen and oxygen atoms in total. The van der Waals surface area contributed by atoms with E-state index in [1.165, 1.54) is 17.0 Å². The van der Waals surface area contributed by atoms with Crippen LogP contribution in [0.1, 0.15) is 54.2 Å². The second kappa shape index (κ2) is 7.99. The standard InChI is InChI=1S/C27H26FNO3/c1-26(2,3)20-13-11-19(12-14-20)24(30)16-27(32)22-9-4-5-10-23(22)29(25(27)31)17-18-7-6-8-21(28)15-18/h4-15,32H,16-17H2,1-3H3. The first-order valence-electron chi connectivity index (χ1n) is 10.6. The molecule has 1 amide bonds. The molecule has 1 heterocycles. The van der Waals surface area contributed by atoms with Gasteiger partial charge in [-0.3, -0.25) is 9.59 Å². The van der Waals surface area contributed by atoms with Crippen molar-refractivity contribution < 1.29 is 19.1 Å². The van der Waals surface area contributed by atoms with Crippen LogP contribution >= 0.6 is 0 Å². The summed E-state index contributed by atoms with van der Waals surface area (Å²) in [7, 11) is 0. The fourth-order valence-corrected chi connectivity index (χ4v) is 4.14. The minimum absolute atomic E-state index is 0.0441. The summed E-state index contributed by atoms with van der Waals surface area (Å²) in [5.41, 5.74) is 1.04. The Labute approximate surface area is 187 Å². The first kappa shape index (κ1) is 21.9. The highest BCUT2D eigenvalue weighted by atomic mass is 19.1. The van der Waals surface area contributed by atoms with Gasteiger partial charge < -0.3 is 10.0 Å². The quantitative estimate of drug-likeness (QED) is 0.570. The van der Waals surface area contributed by atoms with E-state index in [1.807, 2.05) is 12.1 Å². The maximum atomic E-state index is 13.7. The number of Topliss-reactive ketones (excluding diaryl/α,β-unsaturated/α-hetero) is 1. The number of carbonyl (C=O) groups excluding carboxylic acids is 2. The molecular formula is C27H26FNO3. The number of halogens is 1. The number of hydrogen-bond acceptors (Lipinski definition) is 3. The number of aliphatic hydroxyl groups is 1. The number of ketones is 1. The third-order valence-corrected chi connectivity index (χ3v) is 5.96. The molecule has 4 rings (SSSR count). The van der Waals surface area contributed by atoms with Gasteiger partial charge in [0.1, 0.15) is 5.82 Å². The number of benzene rings is 3. The Hall–Kier alpha value is -3.31. The van der Waals surface area contributed by atoms with Crippen LogP contribution in [0.4, 0.5) is 10.1 Å². The van der Waals surface area contributed by atoms with Crippen molar-refractivity contribution in [1.29, 1.82) is 0 Å². The summed E-state index contributed by atoms with van der Waals surface area (Å²) < 4.78 is 13.7. The van der Waals surface area contributed by atoms with Gasteiger partial charge in [-0.25, -0.2) is 4.39 Å². The highest BCUT2D eigenvalue weighted by molar-refractivity contribution is 6.10. The van der Waals surface area contributed by atoms with E-state index >= 15 is 0 Å². The lowest BCUT2D eigenvalue weighted by Crippen LogP contribution is -2.41. The topological polar surface area (TPSA) is 57.6 Å². The maximum absolute atomic E-state index is 13.7. The molecule has 0 aliphatic carbocycles. The Kier molecular flexibility index (Phi) is 5.47. The predicted octanol–water partition coefficient (Wildman–Crippen LogP) is 5.13. The van der Waals surface area contributed by atoms with Crippen LogP contribution < -0.4 is 4.90 Å². The normalized spacial score (nSPS) is 18.0. The van der Waals surface area contributed by atoms with Crippen LogP contribution in [0.15, 0.2) is 72.8 Å². The predicted molar refractivity (Wildman–Crippen MR) is 122 cm³/mol. The van der Waals surface area contributed by atoms with Gasteiger partial charge in [-0.05, 0) is 34.7 Å². The summed E-state index contributed by atoms with van der Waals surface area (Å²) in [6, 6.07) is 20.2. The number of hydrogen-bond donors (Lipinski definition) is 1. The highest BCUT2D eigenvalue weighted by Crippen LogP contribution is 2.43. The zero-order valence-corrected chi connectivity index (χ0v) is 18.4. The molecule has 0 saturated heterocycles. The van der Waals surface area contributed by atoms with Crippen molar-refractivity contribution in [3.8, 4) is 0 Å². The number of anilines is 1. The first-order chi connectivity index (χ1) is 15.1. The lowest BCUT2D eigenvalue weighted by Gasteiger charge is -2.23. The molecule has 1 N–H and O–H groups in total. The van der Waals surface area contributed by atoms with Crippen molar-refractivity contribution in [3.05, 3.63) is 101 Å². The van der Waals surface area contributed by atoms with Gasteiger partial charge in [-0.2, -0.15) is 0 Å². The molecular weight excluding hydrogens is 405 g/mol. The third kappa shape index (κ3) is 3.96. The molecule has 3 aromatic carbocycles. The van der Waals surface area contributed by atoms with Crippen molar-refractivity contribution in [2.24, 2.45) is 0 Å². The minimum Gasteiger partial charge on any atom is -0.375 e. The summed E-state index contributed by atoms with van der Waals surface area (Å²) in [6.07, 6.45) is -0.364. The minimum atomic E-state index is -1.97. The largest absolute Gasteiger partial charge is 0.375 e. The SMILES string of the molecule is CC(C)(C)c1ccc(C(=O)CC2(O)C(=O)N(Cc3cccc(F)c3)c3ccccc32)cc1. The number of nitrogens with zero attached hydrogens (tertiary/aromatic N) is 1. The van der Waals surface area contributed by atoms with E-state index in [9.17, 15) is 19.1 Å². The molecule has 0 bridgehead atoms. The van der Waals surface area contributed by atoms with Gasteiger partial charge in [-0.15, -0.1) is 0 Å². The van der Waals surface area contributed by atoms with Crippen molar-refractivity contribution >= 4 is 17.4 Å². The molecule has 0 radical (unpaired) electrons. The molecule has 1 aliphatic heterocycles. The lowest BCUT2D eigenvalue weighted by atomic mass is 9.85. The molecule has 0 aromatic heterocycles. The molecule has 32 heavy (non-hydrogen) atoms. The lowest BCUT2D eigenvalue weighted by molar-refractivity contribution is -0.136. The summed E-state index contributed by atoms with van der Waals surface area (Å²) >= 11 is 0. The molecule has 0 spiro atoms. The summed E-state index contributed by atoms with van der Waals surface area (Å²) in [6.45, 7) is 6.37. The number of rotatable bonds is 5. The Morgan fingerprint density at radius 3 is 2.34 bits per heavy atom. The number of para-hydroxylation sites is 1. The van der Waals surface area contributed by atoms with Crippen LogP contribution in [-0.4, -0.2) is 16.8 Å². The van der Waals surface area contributed by atoms with Crippen molar-refractivity contribution in [2.45, 2.75) is 44.8 Å². The van der Waals surface area contributed by atoms with Crippen molar-refractivity contribution in [3.63, 3.8) is 0 Å². The fourth-order valence-electron chi connectivity index (χ4n) is 4.14. The molecule has 0 fully saturated rings. The summed E-state index contributed by atoms with van der Waals surface area (Å²) in [4.78, 5) is 27.8. The zero-order valence-electron chi connectivity index (χ0n) is 18.4. The average Bonchev–Trinajstić information content (AvgIpc) is 2.95. The summed E-state index contributed by atoms with van der Waals surface area (Å²) in [5.74, 6) is -1.29. The molecule has 164 valence electrons. The van der Waals surface area contributed by atoms with E-state index in [1.54, 1.807) is 48.5 Å². The van der Waals surface area contributed by atoms with E-state index in [0.717, 1.165) is 5.56 Å². The van der Waals surface area contributed by atoms with Gasteiger partial charge >= 0.3 is 0 Å². The van der Waals surface area contributed by atoms with Gasteiger partial charge in [0.2, 0.25) is 0 Å². The number of carbonyl (C=O) groups is 2. The molecule has 1 atom stereocenters. The maximum Gasteiger partial charge on any atom is 0.264 e. The Morgan fingerprint density at radius 1 is 1.00 bits per heavy atom. The van der Waals surface area contributed by atoms with Crippen molar-refractivity contribution in [1.82, 2.24) is 0 Å². The van der Waals surface area contributed by atoms with Gasteiger partial charge in [0.05, 0.1) is 18.7 Å². The Balaban J connectivity index is 1.63. The van der Waals surface area contributed by atoms with Crippen LogP contribution in [0.5, 0.6) is 0 Å². The van der Waals surface area contributed by atoms with Crippen molar-refractivity contribution in [2.75, 3.05) is 4.90 Å². The van der Waals surface area contributed by atoms with Gasteiger partial charge in [0.15, 0.2) is 11.4 Å². The van der Waals surface area contributed by atoms with Crippen LogP contribution in [0.2, 0.25) is 0 Å². The molecule has 1 unspecified atom stereocenters. The van der Waals surface area contributed by atoms with Gasteiger partial charge in [0, 0.05) is 11.1 Å². The number of fused-ring (bicyclic) bond motifs is 1. The molecule has 3 aromatic rings. The van der Waals surface area contributed by atoms with Crippen LogP contribution in [0.3, 0.4) is 0 Å². The molecule has 5 heteroatoms. The van der Waals surface area contributed by atoms with E-state index in [4.69, 9.17) is 0 Å². The van der Waals surface area contributed by atoms with Crippen LogP contribution in [0, 0.1) is 5.82 Å². The zero-order chi connectivity index (χ0) is 23.1. The van der Waals surface area contributed by atoms with E-state index in [2.05, 4.69) is 20.8 Å². The highest BCUT2D eigenvalue weighted by Gasteiger charge is 2.50. The molecule has 1 aliphatic rings. The third-order valence-electron chi connectivity index (χ3n) is 5.96. The van der Waals surface area contributed by atoms with E-state index in [-0.39, 0.29) is 24.2 Å².